The Kier molecular flexibility index (Phi) is 4.23. The first-order valence-corrected chi connectivity index (χ1v) is 7.55. The van der Waals surface area contributed by atoms with Crippen LogP contribution in [0.3, 0.4) is 0 Å². The predicted molar refractivity (Wildman–Crippen MR) is 72.2 cm³/mol. The van der Waals surface area contributed by atoms with Gasteiger partial charge in [-0.2, -0.15) is 0 Å². The van der Waals surface area contributed by atoms with Gasteiger partial charge in [0, 0.05) is 15.7 Å². The molecule has 88 valence electrons. The molecule has 0 bridgehead atoms. The lowest BCUT2D eigenvalue weighted by Crippen LogP contribution is -1.94. The van der Waals surface area contributed by atoms with Crippen LogP contribution in [0.4, 0.5) is 0 Å². The molecule has 0 aliphatic rings. The molecule has 2 rings (SSSR count). The number of hydrogen-bond acceptors (Lipinski definition) is 3. The van der Waals surface area contributed by atoms with Crippen LogP contribution in [-0.4, -0.2) is 4.21 Å². The highest BCUT2D eigenvalue weighted by atomic mass is 33.1. The van der Waals surface area contributed by atoms with Crippen molar-refractivity contribution >= 4 is 20.9 Å². The molecule has 2 aromatic rings. The Hall–Kier alpha value is -1.26. The lowest BCUT2D eigenvalue weighted by atomic mass is 10.2. The zero-order chi connectivity index (χ0) is 12.1. The third kappa shape index (κ3) is 3.91. The summed E-state index contributed by atoms with van der Waals surface area (Å²) in [4.78, 5) is 0.935. The molecule has 0 aromatic heterocycles. The summed E-state index contributed by atoms with van der Waals surface area (Å²) in [6.07, 6.45) is 0. The minimum atomic E-state index is -1.41. The second-order valence-electron chi connectivity index (χ2n) is 3.50. The van der Waals surface area contributed by atoms with E-state index in [9.17, 15) is 4.21 Å². The fourth-order valence-electron chi connectivity index (χ4n) is 1.24. The van der Waals surface area contributed by atoms with Gasteiger partial charge >= 0.3 is 0 Å². The van der Waals surface area contributed by atoms with E-state index >= 15 is 0 Å². The van der Waals surface area contributed by atoms with Gasteiger partial charge in [0.25, 0.3) is 10.1 Å². The van der Waals surface area contributed by atoms with Crippen molar-refractivity contribution in [2.45, 2.75) is 11.8 Å². The molecule has 0 amide bonds. The Morgan fingerprint density at radius 2 is 1.65 bits per heavy atom. The monoisotopic (exact) mass is 264 g/mol. The van der Waals surface area contributed by atoms with Crippen molar-refractivity contribution in [3.63, 3.8) is 0 Å². The lowest BCUT2D eigenvalue weighted by Gasteiger charge is -2.03. The molecule has 0 spiro atoms. The van der Waals surface area contributed by atoms with E-state index in [1.54, 1.807) is 12.1 Å². The number of rotatable bonds is 4. The summed E-state index contributed by atoms with van der Waals surface area (Å²) in [6, 6.07) is 17.0. The van der Waals surface area contributed by atoms with E-state index in [4.69, 9.17) is 4.18 Å². The molecule has 0 heterocycles. The van der Waals surface area contributed by atoms with Crippen LogP contribution in [0.15, 0.2) is 59.5 Å². The molecular formula is C13H12O2S2. The van der Waals surface area contributed by atoms with Gasteiger partial charge in [-0.05, 0) is 31.2 Å². The minimum absolute atomic E-state index is 0.616. The first-order chi connectivity index (χ1) is 8.24. The zero-order valence-corrected chi connectivity index (χ0v) is 11.0. The second kappa shape index (κ2) is 5.89. The van der Waals surface area contributed by atoms with Crippen molar-refractivity contribution < 1.29 is 8.39 Å². The molecule has 1 atom stereocenters. The summed E-state index contributed by atoms with van der Waals surface area (Å²) in [5.41, 5.74) is 1.18. The average Bonchev–Trinajstić information content (AvgIpc) is 2.33. The molecule has 2 aromatic carbocycles. The first-order valence-electron chi connectivity index (χ1n) is 5.14. The van der Waals surface area contributed by atoms with Crippen LogP contribution in [0.5, 0.6) is 5.75 Å². The zero-order valence-electron chi connectivity index (χ0n) is 9.33. The summed E-state index contributed by atoms with van der Waals surface area (Å²) in [6.45, 7) is 2.02. The van der Waals surface area contributed by atoms with E-state index in [-0.39, 0.29) is 0 Å². The molecule has 0 saturated heterocycles. The molecule has 0 radical (unpaired) electrons. The predicted octanol–water partition coefficient (Wildman–Crippen LogP) is 3.74. The standard InChI is InChI=1S/C13H12O2S2/c1-11-7-9-13(10-8-11)16-17(14)15-12-5-3-2-4-6-12/h2-10H,1H3. The second-order valence-corrected chi connectivity index (χ2v) is 6.03. The van der Waals surface area contributed by atoms with Crippen molar-refractivity contribution in [1.29, 1.82) is 0 Å². The van der Waals surface area contributed by atoms with Gasteiger partial charge in [0.2, 0.25) is 0 Å². The van der Waals surface area contributed by atoms with Crippen molar-refractivity contribution in [1.82, 2.24) is 0 Å². The third-order valence-electron chi connectivity index (χ3n) is 2.09. The van der Waals surface area contributed by atoms with Crippen LogP contribution in [0.2, 0.25) is 0 Å². The Balaban J connectivity index is 1.96. The van der Waals surface area contributed by atoms with Crippen molar-refractivity contribution in [2.24, 2.45) is 0 Å². The van der Waals surface area contributed by atoms with Gasteiger partial charge in [-0.25, -0.2) is 4.21 Å². The molecule has 0 fully saturated rings. The molecule has 0 N–H and O–H groups in total. The van der Waals surface area contributed by atoms with E-state index in [1.165, 1.54) is 16.4 Å². The maximum atomic E-state index is 11.7. The SMILES string of the molecule is Cc1ccc(SS(=O)Oc2ccccc2)cc1. The van der Waals surface area contributed by atoms with Crippen molar-refractivity contribution in [2.75, 3.05) is 0 Å². The van der Waals surface area contributed by atoms with Crippen LogP contribution >= 0.6 is 10.8 Å². The summed E-state index contributed by atoms with van der Waals surface area (Å²) in [5.74, 6) is 0.616. The average molecular weight is 264 g/mol. The smallest absolute Gasteiger partial charge is 0.276 e. The van der Waals surface area contributed by atoms with Gasteiger partial charge in [0.15, 0.2) is 0 Å². The Morgan fingerprint density at radius 1 is 1.00 bits per heavy atom. The van der Waals surface area contributed by atoms with E-state index in [2.05, 4.69) is 0 Å². The third-order valence-corrected chi connectivity index (χ3v) is 4.21. The molecular weight excluding hydrogens is 252 g/mol. The van der Waals surface area contributed by atoms with Crippen LogP contribution < -0.4 is 4.18 Å². The number of hydrogen-bond donors (Lipinski definition) is 0. The van der Waals surface area contributed by atoms with E-state index in [1.807, 2.05) is 49.4 Å². The van der Waals surface area contributed by atoms with Crippen LogP contribution in [0.25, 0.3) is 0 Å². The fraction of sp³-hybridized carbons (Fsp3) is 0.0769. The summed E-state index contributed by atoms with van der Waals surface area (Å²) in [5, 5.41) is 0. The minimum Gasteiger partial charge on any atom is -0.392 e. The summed E-state index contributed by atoms with van der Waals surface area (Å²) in [7, 11) is -0.215. The normalized spacial score (nSPS) is 12.1. The number of para-hydroxylation sites is 1. The van der Waals surface area contributed by atoms with Crippen LogP contribution in [0, 0.1) is 6.92 Å². The Labute approximate surface area is 107 Å². The topological polar surface area (TPSA) is 26.3 Å². The van der Waals surface area contributed by atoms with Crippen LogP contribution in [-0.2, 0) is 10.1 Å². The maximum Gasteiger partial charge on any atom is 0.276 e. The van der Waals surface area contributed by atoms with Crippen molar-refractivity contribution in [3.05, 3.63) is 60.2 Å². The van der Waals surface area contributed by atoms with Crippen molar-refractivity contribution in [3.8, 4) is 5.75 Å². The molecule has 4 heteroatoms. The molecule has 0 aliphatic heterocycles. The molecule has 0 aliphatic carbocycles. The Morgan fingerprint density at radius 3 is 2.29 bits per heavy atom. The highest BCUT2D eigenvalue weighted by Gasteiger charge is 2.05. The first kappa shape index (κ1) is 12.2. The summed E-state index contributed by atoms with van der Waals surface area (Å²) >= 11 is 0. The van der Waals surface area contributed by atoms with E-state index in [0.717, 1.165) is 4.90 Å². The van der Waals surface area contributed by atoms with Crippen LogP contribution in [0.1, 0.15) is 5.56 Å². The van der Waals surface area contributed by atoms with Gasteiger partial charge in [0.05, 0.1) is 0 Å². The maximum absolute atomic E-state index is 11.7. The largest absolute Gasteiger partial charge is 0.392 e. The quantitative estimate of drug-likeness (QED) is 0.787. The fourth-order valence-corrected chi connectivity index (χ4v) is 3.09. The molecule has 0 saturated carbocycles. The lowest BCUT2D eigenvalue weighted by molar-refractivity contribution is 0.577. The van der Waals surface area contributed by atoms with Gasteiger partial charge < -0.3 is 4.18 Å². The summed E-state index contributed by atoms with van der Waals surface area (Å²) < 4.78 is 17.0. The van der Waals surface area contributed by atoms with E-state index in [0.29, 0.717) is 5.75 Å². The molecule has 1 unspecified atom stereocenters. The highest BCUT2D eigenvalue weighted by molar-refractivity contribution is 8.67. The van der Waals surface area contributed by atoms with E-state index < -0.39 is 10.1 Å². The van der Waals surface area contributed by atoms with Gasteiger partial charge in [-0.3, -0.25) is 0 Å². The number of benzene rings is 2. The van der Waals surface area contributed by atoms with Gasteiger partial charge in [0.1, 0.15) is 5.75 Å². The van der Waals surface area contributed by atoms with Gasteiger partial charge in [-0.1, -0.05) is 35.9 Å². The highest BCUT2D eigenvalue weighted by Crippen LogP contribution is 2.24. The van der Waals surface area contributed by atoms with Gasteiger partial charge in [-0.15, -0.1) is 0 Å². The molecule has 2 nitrogen and oxygen atoms in total. The Bertz CT molecular complexity index is 495. The number of aryl methyl sites for hydroxylation is 1. The molecule has 17 heavy (non-hydrogen) atoms.